The Kier molecular flexibility index (Phi) is 5.65. The standard InChI is InChI=1S/C13H26N4/c1-11(2)14-8-13-9-17(10-15-13)12(3)6-7-16(4)5/h9-12,14H,6-8H2,1-5H3. The highest BCUT2D eigenvalue weighted by Crippen LogP contribution is 2.11. The van der Waals surface area contributed by atoms with Gasteiger partial charge in [-0.2, -0.15) is 0 Å². The Morgan fingerprint density at radius 2 is 2.06 bits per heavy atom. The summed E-state index contributed by atoms with van der Waals surface area (Å²) >= 11 is 0. The van der Waals surface area contributed by atoms with Crippen molar-refractivity contribution in [3.05, 3.63) is 18.2 Å². The van der Waals surface area contributed by atoms with Crippen LogP contribution in [0.3, 0.4) is 0 Å². The minimum absolute atomic E-state index is 0.506. The van der Waals surface area contributed by atoms with Crippen LogP contribution in [-0.2, 0) is 6.54 Å². The predicted octanol–water partition coefficient (Wildman–Crippen LogP) is 1.89. The van der Waals surface area contributed by atoms with E-state index < -0.39 is 0 Å². The van der Waals surface area contributed by atoms with Crippen LogP contribution in [0.15, 0.2) is 12.5 Å². The summed E-state index contributed by atoms with van der Waals surface area (Å²) in [5, 5.41) is 3.38. The highest BCUT2D eigenvalue weighted by Gasteiger charge is 2.06. The molecule has 0 aliphatic heterocycles. The number of imidazole rings is 1. The average molecular weight is 238 g/mol. The summed E-state index contributed by atoms with van der Waals surface area (Å²) in [6.07, 6.45) is 5.24. The Hall–Kier alpha value is -0.870. The molecule has 0 saturated carbocycles. The van der Waals surface area contributed by atoms with Crippen molar-refractivity contribution in [2.45, 2.75) is 45.8 Å². The van der Waals surface area contributed by atoms with E-state index in [1.807, 2.05) is 6.33 Å². The maximum absolute atomic E-state index is 4.42. The number of aromatic nitrogens is 2. The van der Waals surface area contributed by atoms with Crippen molar-refractivity contribution in [2.24, 2.45) is 0 Å². The third kappa shape index (κ3) is 5.33. The molecule has 1 unspecified atom stereocenters. The van der Waals surface area contributed by atoms with Crippen LogP contribution in [0.5, 0.6) is 0 Å². The lowest BCUT2D eigenvalue weighted by Crippen LogP contribution is -2.22. The topological polar surface area (TPSA) is 33.1 Å². The Morgan fingerprint density at radius 3 is 2.65 bits per heavy atom. The quantitative estimate of drug-likeness (QED) is 0.787. The van der Waals surface area contributed by atoms with Crippen LogP contribution >= 0.6 is 0 Å². The minimum Gasteiger partial charge on any atom is -0.334 e. The Balaban J connectivity index is 2.43. The summed E-state index contributed by atoms with van der Waals surface area (Å²) in [6, 6.07) is 1.02. The molecule has 98 valence electrons. The second-order valence-electron chi connectivity index (χ2n) is 5.29. The van der Waals surface area contributed by atoms with Gasteiger partial charge in [-0.25, -0.2) is 4.98 Å². The summed E-state index contributed by atoms with van der Waals surface area (Å²) in [5.74, 6) is 0. The molecule has 0 aliphatic carbocycles. The van der Waals surface area contributed by atoms with Gasteiger partial charge < -0.3 is 14.8 Å². The van der Waals surface area contributed by atoms with Crippen molar-refractivity contribution in [3.63, 3.8) is 0 Å². The number of hydrogen-bond acceptors (Lipinski definition) is 3. The maximum atomic E-state index is 4.42. The van der Waals surface area contributed by atoms with E-state index in [1.54, 1.807) is 0 Å². The molecule has 1 atom stereocenters. The molecule has 1 aromatic rings. The van der Waals surface area contributed by atoms with Gasteiger partial charge in [0.15, 0.2) is 0 Å². The lowest BCUT2D eigenvalue weighted by Gasteiger charge is -2.16. The zero-order valence-corrected chi connectivity index (χ0v) is 11.8. The molecule has 0 aliphatic rings. The van der Waals surface area contributed by atoms with E-state index in [1.165, 1.54) is 0 Å². The van der Waals surface area contributed by atoms with Crippen molar-refractivity contribution in [3.8, 4) is 0 Å². The van der Waals surface area contributed by atoms with Gasteiger partial charge in [-0.15, -0.1) is 0 Å². The van der Waals surface area contributed by atoms with E-state index in [2.05, 4.69) is 60.8 Å². The fourth-order valence-electron chi connectivity index (χ4n) is 1.61. The van der Waals surface area contributed by atoms with Crippen LogP contribution in [0.4, 0.5) is 0 Å². The van der Waals surface area contributed by atoms with Crippen molar-refractivity contribution < 1.29 is 0 Å². The predicted molar refractivity (Wildman–Crippen MR) is 72.1 cm³/mol. The lowest BCUT2D eigenvalue weighted by atomic mass is 10.2. The molecule has 0 radical (unpaired) electrons. The molecule has 0 aromatic carbocycles. The smallest absolute Gasteiger partial charge is 0.0952 e. The minimum atomic E-state index is 0.506. The van der Waals surface area contributed by atoms with E-state index in [9.17, 15) is 0 Å². The van der Waals surface area contributed by atoms with Gasteiger partial charge in [-0.3, -0.25) is 0 Å². The summed E-state index contributed by atoms with van der Waals surface area (Å²) in [5.41, 5.74) is 1.12. The highest BCUT2D eigenvalue weighted by atomic mass is 15.1. The van der Waals surface area contributed by atoms with Crippen molar-refractivity contribution in [1.82, 2.24) is 19.8 Å². The summed E-state index contributed by atoms with van der Waals surface area (Å²) < 4.78 is 2.21. The molecule has 1 rings (SSSR count). The fraction of sp³-hybridized carbons (Fsp3) is 0.769. The lowest BCUT2D eigenvalue weighted by molar-refractivity contribution is 0.357. The average Bonchev–Trinajstić information content (AvgIpc) is 2.71. The monoisotopic (exact) mass is 238 g/mol. The van der Waals surface area contributed by atoms with Gasteiger partial charge in [0, 0.05) is 24.8 Å². The van der Waals surface area contributed by atoms with Gasteiger partial charge in [-0.1, -0.05) is 13.8 Å². The van der Waals surface area contributed by atoms with Crippen LogP contribution in [0.1, 0.15) is 38.9 Å². The Bertz CT molecular complexity index is 317. The van der Waals surface area contributed by atoms with Crippen LogP contribution in [-0.4, -0.2) is 41.1 Å². The normalized spacial score (nSPS) is 13.6. The van der Waals surface area contributed by atoms with Crippen molar-refractivity contribution in [2.75, 3.05) is 20.6 Å². The first-order chi connectivity index (χ1) is 7.99. The number of hydrogen-bond donors (Lipinski definition) is 1. The molecule has 0 fully saturated rings. The highest BCUT2D eigenvalue weighted by molar-refractivity contribution is 4.97. The molecule has 0 saturated heterocycles. The second-order valence-corrected chi connectivity index (χ2v) is 5.29. The molecule has 0 spiro atoms. The molecule has 1 N–H and O–H groups in total. The van der Waals surface area contributed by atoms with E-state index >= 15 is 0 Å². The first kappa shape index (κ1) is 14.2. The molecule has 4 nitrogen and oxygen atoms in total. The van der Waals surface area contributed by atoms with Crippen LogP contribution < -0.4 is 5.32 Å². The van der Waals surface area contributed by atoms with Gasteiger partial charge in [0.25, 0.3) is 0 Å². The number of rotatable bonds is 7. The SMILES string of the molecule is CC(C)NCc1cn(C(C)CCN(C)C)cn1. The largest absolute Gasteiger partial charge is 0.334 e. The van der Waals surface area contributed by atoms with Gasteiger partial charge >= 0.3 is 0 Å². The van der Waals surface area contributed by atoms with E-state index in [0.29, 0.717) is 12.1 Å². The Morgan fingerprint density at radius 1 is 1.35 bits per heavy atom. The summed E-state index contributed by atoms with van der Waals surface area (Å²) in [6.45, 7) is 8.50. The van der Waals surface area contributed by atoms with Gasteiger partial charge in [0.2, 0.25) is 0 Å². The van der Waals surface area contributed by atoms with E-state index in [0.717, 1.165) is 25.2 Å². The molecule has 4 heteroatoms. The number of nitrogens with zero attached hydrogens (tertiary/aromatic N) is 3. The third-order valence-electron chi connectivity index (χ3n) is 2.85. The van der Waals surface area contributed by atoms with Crippen LogP contribution in [0.25, 0.3) is 0 Å². The fourth-order valence-corrected chi connectivity index (χ4v) is 1.61. The first-order valence-electron chi connectivity index (χ1n) is 6.39. The first-order valence-corrected chi connectivity index (χ1v) is 6.39. The second kappa shape index (κ2) is 6.77. The Labute approximate surface area is 105 Å². The molecule has 0 amide bonds. The molecule has 1 heterocycles. The molecular weight excluding hydrogens is 212 g/mol. The van der Waals surface area contributed by atoms with E-state index in [4.69, 9.17) is 0 Å². The molecule has 17 heavy (non-hydrogen) atoms. The number of nitrogens with one attached hydrogen (secondary N) is 1. The van der Waals surface area contributed by atoms with Crippen molar-refractivity contribution >= 4 is 0 Å². The zero-order chi connectivity index (χ0) is 12.8. The zero-order valence-electron chi connectivity index (χ0n) is 11.8. The van der Waals surface area contributed by atoms with E-state index in [-0.39, 0.29) is 0 Å². The maximum Gasteiger partial charge on any atom is 0.0952 e. The van der Waals surface area contributed by atoms with Gasteiger partial charge in [-0.05, 0) is 34.0 Å². The molecular formula is C13H26N4. The van der Waals surface area contributed by atoms with Gasteiger partial charge in [0.05, 0.1) is 12.0 Å². The molecule has 1 aromatic heterocycles. The summed E-state index contributed by atoms with van der Waals surface area (Å²) in [4.78, 5) is 6.64. The third-order valence-corrected chi connectivity index (χ3v) is 2.85. The molecule has 0 bridgehead atoms. The summed E-state index contributed by atoms with van der Waals surface area (Å²) in [7, 11) is 4.22. The van der Waals surface area contributed by atoms with Crippen LogP contribution in [0, 0.1) is 0 Å². The van der Waals surface area contributed by atoms with Crippen LogP contribution in [0.2, 0.25) is 0 Å². The van der Waals surface area contributed by atoms with Crippen molar-refractivity contribution in [1.29, 1.82) is 0 Å². The van der Waals surface area contributed by atoms with Gasteiger partial charge in [0.1, 0.15) is 0 Å².